The van der Waals surface area contributed by atoms with Gasteiger partial charge in [0, 0.05) is 18.8 Å². The van der Waals surface area contributed by atoms with Gasteiger partial charge >= 0.3 is 6.01 Å². The summed E-state index contributed by atoms with van der Waals surface area (Å²) in [4.78, 5) is 12.6. The van der Waals surface area contributed by atoms with Crippen molar-refractivity contribution in [3.8, 4) is 6.01 Å². The van der Waals surface area contributed by atoms with Crippen molar-refractivity contribution >= 4 is 23.7 Å². The van der Waals surface area contributed by atoms with E-state index in [2.05, 4.69) is 38.8 Å². The number of hydrogen-bond donors (Lipinski definition) is 2. The molecule has 1 aromatic heterocycles. The van der Waals surface area contributed by atoms with E-state index in [1.807, 2.05) is 18.7 Å². The summed E-state index contributed by atoms with van der Waals surface area (Å²) in [5.74, 6) is 1.07. The van der Waals surface area contributed by atoms with Crippen LogP contribution in [0.15, 0.2) is 0 Å². The van der Waals surface area contributed by atoms with Gasteiger partial charge in [-0.15, -0.1) is 0 Å². The summed E-state index contributed by atoms with van der Waals surface area (Å²) in [6.07, 6.45) is 4.10. The second-order valence-electron chi connectivity index (χ2n) is 4.13. The molecule has 0 saturated heterocycles. The molecule has 19 heavy (non-hydrogen) atoms. The molecule has 0 aromatic carbocycles. The molecular formula is C12H23N5OS. The van der Waals surface area contributed by atoms with Crippen LogP contribution in [-0.4, -0.2) is 46.7 Å². The quantitative estimate of drug-likeness (QED) is 0.721. The van der Waals surface area contributed by atoms with E-state index in [4.69, 9.17) is 4.74 Å². The van der Waals surface area contributed by atoms with Gasteiger partial charge in [-0.05, 0) is 19.1 Å². The van der Waals surface area contributed by atoms with Crippen molar-refractivity contribution < 1.29 is 4.74 Å². The van der Waals surface area contributed by atoms with Crippen molar-refractivity contribution in [1.82, 2.24) is 15.0 Å². The largest absolute Gasteiger partial charge is 0.463 e. The molecule has 0 fully saturated rings. The average Bonchev–Trinajstić information content (AvgIpc) is 2.44. The Kier molecular flexibility index (Phi) is 7.32. The lowest BCUT2D eigenvalue weighted by Crippen LogP contribution is -2.12. The van der Waals surface area contributed by atoms with Crippen LogP contribution in [0, 0.1) is 0 Å². The minimum atomic E-state index is 0.363. The molecule has 0 spiro atoms. The van der Waals surface area contributed by atoms with Crippen molar-refractivity contribution in [3.05, 3.63) is 0 Å². The Hall–Kier alpha value is -1.24. The maximum atomic E-state index is 5.44. The first kappa shape index (κ1) is 15.8. The maximum absolute atomic E-state index is 5.44. The van der Waals surface area contributed by atoms with Gasteiger partial charge in [0.05, 0.1) is 6.61 Å². The smallest absolute Gasteiger partial charge is 0.323 e. The number of ether oxygens (including phenoxy) is 1. The third kappa shape index (κ3) is 5.96. The lowest BCUT2D eigenvalue weighted by Gasteiger charge is -2.11. The average molecular weight is 285 g/mol. The lowest BCUT2D eigenvalue weighted by atomic mass is 10.3. The molecule has 1 rings (SSSR count). The SMILES string of the molecule is CCCOc1nc(NC)nc(NCCC(C)SC)n1. The Labute approximate surface area is 119 Å². The van der Waals surface area contributed by atoms with Crippen molar-refractivity contribution in [2.45, 2.75) is 31.9 Å². The highest BCUT2D eigenvalue weighted by Gasteiger charge is 2.06. The molecule has 7 heteroatoms. The molecule has 0 aliphatic heterocycles. The van der Waals surface area contributed by atoms with E-state index in [0.717, 1.165) is 19.4 Å². The van der Waals surface area contributed by atoms with Gasteiger partial charge in [0.1, 0.15) is 0 Å². The Morgan fingerprint density at radius 1 is 1.26 bits per heavy atom. The number of thioether (sulfide) groups is 1. The predicted octanol–water partition coefficient (Wildman–Crippen LogP) is 2.26. The Morgan fingerprint density at radius 2 is 2.00 bits per heavy atom. The first-order valence-corrected chi connectivity index (χ1v) is 7.81. The van der Waals surface area contributed by atoms with Gasteiger partial charge in [0.2, 0.25) is 11.9 Å². The van der Waals surface area contributed by atoms with E-state index >= 15 is 0 Å². The van der Waals surface area contributed by atoms with Crippen LogP contribution in [0.4, 0.5) is 11.9 Å². The van der Waals surface area contributed by atoms with E-state index in [-0.39, 0.29) is 0 Å². The van der Waals surface area contributed by atoms with Crippen molar-refractivity contribution in [2.75, 3.05) is 37.1 Å². The minimum absolute atomic E-state index is 0.363. The summed E-state index contributed by atoms with van der Waals surface area (Å²) < 4.78 is 5.44. The molecule has 0 aliphatic carbocycles. The fraction of sp³-hybridized carbons (Fsp3) is 0.750. The number of nitrogens with one attached hydrogen (secondary N) is 2. The van der Waals surface area contributed by atoms with Crippen LogP contribution >= 0.6 is 11.8 Å². The number of nitrogens with zero attached hydrogens (tertiary/aromatic N) is 3. The number of anilines is 2. The van der Waals surface area contributed by atoms with Crippen LogP contribution < -0.4 is 15.4 Å². The Balaban J connectivity index is 2.60. The molecule has 1 atom stereocenters. The third-order valence-corrected chi connectivity index (χ3v) is 3.55. The molecule has 6 nitrogen and oxygen atoms in total. The molecular weight excluding hydrogens is 262 g/mol. The fourth-order valence-corrected chi connectivity index (χ4v) is 1.66. The zero-order valence-electron chi connectivity index (χ0n) is 12.1. The molecule has 108 valence electrons. The van der Waals surface area contributed by atoms with E-state index in [1.54, 1.807) is 7.05 Å². The summed E-state index contributed by atoms with van der Waals surface area (Å²) in [7, 11) is 1.78. The van der Waals surface area contributed by atoms with Gasteiger partial charge in [-0.1, -0.05) is 13.8 Å². The summed E-state index contributed by atoms with van der Waals surface area (Å²) in [6, 6.07) is 0.363. The molecule has 1 aromatic rings. The van der Waals surface area contributed by atoms with Gasteiger partial charge in [-0.2, -0.15) is 26.7 Å². The van der Waals surface area contributed by atoms with Gasteiger partial charge in [-0.3, -0.25) is 0 Å². The molecule has 0 aliphatic rings. The van der Waals surface area contributed by atoms with Crippen molar-refractivity contribution in [2.24, 2.45) is 0 Å². The van der Waals surface area contributed by atoms with Gasteiger partial charge in [0.15, 0.2) is 0 Å². The highest BCUT2D eigenvalue weighted by molar-refractivity contribution is 7.99. The highest BCUT2D eigenvalue weighted by Crippen LogP contribution is 2.13. The van der Waals surface area contributed by atoms with Crippen LogP contribution in [0.25, 0.3) is 0 Å². The number of rotatable bonds is 9. The number of hydrogen-bond acceptors (Lipinski definition) is 7. The molecule has 0 radical (unpaired) electrons. The van der Waals surface area contributed by atoms with Crippen LogP contribution in [0.3, 0.4) is 0 Å². The van der Waals surface area contributed by atoms with E-state index in [1.165, 1.54) is 0 Å². The van der Waals surface area contributed by atoms with Crippen LogP contribution in [0.1, 0.15) is 26.7 Å². The molecule has 2 N–H and O–H groups in total. The first-order valence-electron chi connectivity index (χ1n) is 6.52. The molecule has 0 bridgehead atoms. The Morgan fingerprint density at radius 3 is 2.63 bits per heavy atom. The minimum Gasteiger partial charge on any atom is -0.463 e. The van der Waals surface area contributed by atoms with Gasteiger partial charge < -0.3 is 15.4 Å². The summed E-state index contributed by atoms with van der Waals surface area (Å²) in [5.41, 5.74) is 0. The standard InChI is InChI=1S/C12H23N5OS/c1-5-8-18-12-16-10(13-3)15-11(17-12)14-7-6-9(2)19-4/h9H,5-8H2,1-4H3,(H2,13,14,15,16,17). The van der Waals surface area contributed by atoms with Gasteiger partial charge in [-0.25, -0.2) is 0 Å². The lowest BCUT2D eigenvalue weighted by molar-refractivity contribution is 0.292. The normalized spacial score (nSPS) is 12.0. The van der Waals surface area contributed by atoms with Crippen LogP contribution in [0.2, 0.25) is 0 Å². The summed E-state index contributed by atoms with van der Waals surface area (Å²) in [6.45, 7) is 5.69. The topological polar surface area (TPSA) is 72.0 Å². The van der Waals surface area contributed by atoms with E-state index in [0.29, 0.717) is 29.8 Å². The molecule has 0 saturated carbocycles. The molecule has 1 unspecified atom stereocenters. The Bertz CT molecular complexity index is 377. The van der Waals surface area contributed by atoms with Crippen LogP contribution in [-0.2, 0) is 0 Å². The highest BCUT2D eigenvalue weighted by atomic mass is 32.2. The first-order chi connectivity index (χ1) is 9.19. The van der Waals surface area contributed by atoms with Crippen LogP contribution in [0.5, 0.6) is 6.01 Å². The fourth-order valence-electron chi connectivity index (χ4n) is 1.31. The van der Waals surface area contributed by atoms with E-state index < -0.39 is 0 Å². The zero-order chi connectivity index (χ0) is 14.1. The number of aromatic nitrogens is 3. The second kappa shape index (κ2) is 8.79. The van der Waals surface area contributed by atoms with Crippen molar-refractivity contribution in [3.63, 3.8) is 0 Å². The second-order valence-corrected chi connectivity index (χ2v) is 5.40. The molecule has 0 amide bonds. The van der Waals surface area contributed by atoms with Crippen molar-refractivity contribution in [1.29, 1.82) is 0 Å². The summed E-state index contributed by atoms with van der Waals surface area (Å²) in [5, 5.41) is 6.73. The predicted molar refractivity (Wildman–Crippen MR) is 81.2 cm³/mol. The monoisotopic (exact) mass is 285 g/mol. The van der Waals surface area contributed by atoms with Gasteiger partial charge in [0.25, 0.3) is 0 Å². The maximum Gasteiger partial charge on any atom is 0.323 e. The summed E-state index contributed by atoms with van der Waals surface area (Å²) >= 11 is 1.85. The van der Waals surface area contributed by atoms with E-state index in [9.17, 15) is 0 Å². The zero-order valence-corrected chi connectivity index (χ0v) is 12.9. The molecule has 1 heterocycles. The third-order valence-electron chi connectivity index (χ3n) is 2.51.